The number of hydrogen-bond donors (Lipinski definition) is 0. The van der Waals surface area contributed by atoms with Gasteiger partial charge in [-0.05, 0) is 61.6 Å². The minimum atomic E-state index is 0.383. The van der Waals surface area contributed by atoms with Crippen molar-refractivity contribution in [2.45, 2.75) is 110 Å². The predicted molar refractivity (Wildman–Crippen MR) is 142 cm³/mol. The summed E-state index contributed by atoms with van der Waals surface area (Å²) in [6.45, 7) is 5.17. The minimum absolute atomic E-state index is 0.383. The molecule has 0 spiro atoms. The number of ether oxygens (including phenoxy) is 1. The van der Waals surface area contributed by atoms with Crippen LogP contribution in [-0.2, 0) is 0 Å². The van der Waals surface area contributed by atoms with Gasteiger partial charge in [0.25, 0.3) is 0 Å². The van der Waals surface area contributed by atoms with E-state index in [1.807, 2.05) is 12.1 Å². The van der Waals surface area contributed by atoms with Crippen LogP contribution in [0.2, 0.25) is 0 Å². The van der Waals surface area contributed by atoms with Crippen LogP contribution in [0.4, 0.5) is 0 Å². The van der Waals surface area contributed by atoms with Crippen LogP contribution >= 0.6 is 0 Å². The highest BCUT2D eigenvalue weighted by atomic mass is 16.5. The van der Waals surface area contributed by atoms with Gasteiger partial charge in [-0.3, -0.25) is 0 Å². The molecule has 1 heterocycles. The maximum atomic E-state index is 9.60. The molecule has 0 aliphatic heterocycles. The second-order valence-electron chi connectivity index (χ2n) is 10.1. The van der Waals surface area contributed by atoms with E-state index in [2.05, 4.69) is 49.2 Å². The van der Waals surface area contributed by atoms with E-state index < -0.39 is 0 Å². The van der Waals surface area contributed by atoms with Gasteiger partial charge in [0, 0.05) is 5.56 Å². The van der Waals surface area contributed by atoms with Crippen LogP contribution in [0.25, 0.3) is 11.3 Å². The Morgan fingerprint density at radius 2 is 1.50 bits per heavy atom. The molecule has 0 bridgehead atoms. The summed E-state index contributed by atoms with van der Waals surface area (Å²) in [5, 5.41) is 9.60. The molecule has 2 aromatic rings. The number of unbranched alkanes of at least 4 members (excludes halogenated alkanes) is 7. The number of rotatable bonds is 14. The van der Waals surface area contributed by atoms with Gasteiger partial charge < -0.3 is 4.74 Å². The fourth-order valence-electron chi connectivity index (χ4n) is 5.26. The van der Waals surface area contributed by atoms with Gasteiger partial charge in [0.2, 0.25) is 0 Å². The van der Waals surface area contributed by atoms with Crippen molar-refractivity contribution in [3.8, 4) is 23.1 Å². The zero-order valence-electron chi connectivity index (χ0n) is 21.5. The predicted octanol–water partition coefficient (Wildman–Crippen LogP) is 9.21. The Morgan fingerprint density at radius 1 is 0.824 bits per heavy atom. The van der Waals surface area contributed by atoms with Crippen LogP contribution in [0.1, 0.15) is 121 Å². The summed E-state index contributed by atoms with van der Waals surface area (Å²) in [4.78, 5) is 4.60. The monoisotopic (exact) mass is 460 g/mol. The molecule has 1 aromatic carbocycles. The largest absolute Gasteiger partial charge is 0.491 e. The second-order valence-corrected chi connectivity index (χ2v) is 10.1. The molecule has 1 aliphatic carbocycles. The van der Waals surface area contributed by atoms with Gasteiger partial charge in [-0.25, -0.2) is 4.98 Å². The van der Waals surface area contributed by atoms with Crippen LogP contribution in [-0.4, -0.2) is 11.6 Å². The molecular formula is C31H44N2O. The molecule has 1 aliphatic rings. The van der Waals surface area contributed by atoms with Crippen molar-refractivity contribution in [1.29, 1.82) is 5.26 Å². The number of aromatic nitrogens is 1. The van der Waals surface area contributed by atoms with Crippen molar-refractivity contribution < 1.29 is 4.74 Å². The average Bonchev–Trinajstić information content (AvgIpc) is 2.89. The molecule has 0 saturated heterocycles. The van der Waals surface area contributed by atoms with E-state index in [9.17, 15) is 5.26 Å². The highest BCUT2D eigenvalue weighted by Gasteiger charge is 2.22. The Bertz CT molecular complexity index is 875. The molecular weight excluding hydrogens is 416 g/mol. The maximum Gasteiger partial charge on any atom is 0.183 e. The van der Waals surface area contributed by atoms with Crippen molar-refractivity contribution in [3.05, 3.63) is 47.7 Å². The molecule has 3 nitrogen and oxygen atoms in total. The fraction of sp³-hybridized carbons (Fsp3) is 0.613. The third-order valence-corrected chi connectivity index (χ3v) is 7.46. The third kappa shape index (κ3) is 8.15. The third-order valence-electron chi connectivity index (χ3n) is 7.46. The standard InChI is InChI=1S/C31H44N2O/c1-3-5-7-8-9-11-23-34-31-22-21-29(33-30(31)24-32)28-19-17-27(18-20-28)26-15-13-25(14-16-26)12-10-6-4-2/h17-22,25-26H,3-16,23H2,1-2H3/t25-,26-. The van der Waals surface area contributed by atoms with Gasteiger partial charge in [-0.1, -0.05) is 95.9 Å². The Balaban J connectivity index is 1.51. The SMILES string of the molecule is CCCCCCCCOc1ccc(-c2ccc([C@H]3CC[C@H](CCCCC)CC3)cc2)nc1C#N. The van der Waals surface area contributed by atoms with E-state index >= 15 is 0 Å². The first-order chi connectivity index (χ1) is 16.7. The van der Waals surface area contributed by atoms with E-state index in [0.717, 1.165) is 23.6 Å². The summed E-state index contributed by atoms with van der Waals surface area (Å²) < 4.78 is 5.88. The lowest BCUT2D eigenvalue weighted by Crippen LogP contribution is -2.13. The molecule has 1 saturated carbocycles. The second kappa shape index (κ2) is 14.8. The van der Waals surface area contributed by atoms with Gasteiger partial charge in [-0.15, -0.1) is 0 Å². The van der Waals surface area contributed by atoms with Crippen LogP contribution in [0.15, 0.2) is 36.4 Å². The summed E-state index contributed by atoms with van der Waals surface area (Å²) >= 11 is 0. The molecule has 0 radical (unpaired) electrons. The van der Waals surface area contributed by atoms with Gasteiger partial charge >= 0.3 is 0 Å². The number of pyridine rings is 1. The molecule has 0 unspecified atom stereocenters. The summed E-state index contributed by atoms with van der Waals surface area (Å²) in [6, 6.07) is 15.0. The highest BCUT2D eigenvalue weighted by molar-refractivity contribution is 5.61. The van der Waals surface area contributed by atoms with E-state index in [1.165, 1.54) is 89.0 Å². The highest BCUT2D eigenvalue weighted by Crippen LogP contribution is 2.38. The number of hydrogen-bond acceptors (Lipinski definition) is 3. The molecule has 3 heteroatoms. The lowest BCUT2D eigenvalue weighted by Gasteiger charge is -2.29. The normalized spacial score (nSPS) is 17.9. The summed E-state index contributed by atoms with van der Waals surface area (Å²) in [5.74, 6) is 2.24. The van der Waals surface area contributed by atoms with Crippen LogP contribution in [0.3, 0.4) is 0 Å². The topological polar surface area (TPSA) is 45.9 Å². The molecule has 1 aromatic heterocycles. The first-order valence-corrected chi connectivity index (χ1v) is 13.9. The summed E-state index contributed by atoms with van der Waals surface area (Å²) in [5.41, 5.74) is 3.75. The molecule has 0 amide bonds. The lowest BCUT2D eigenvalue weighted by atomic mass is 9.77. The molecule has 34 heavy (non-hydrogen) atoms. The van der Waals surface area contributed by atoms with Crippen molar-refractivity contribution in [3.63, 3.8) is 0 Å². The maximum absolute atomic E-state index is 9.60. The zero-order valence-corrected chi connectivity index (χ0v) is 21.5. The zero-order chi connectivity index (χ0) is 24.0. The van der Waals surface area contributed by atoms with E-state index in [4.69, 9.17) is 4.74 Å². The van der Waals surface area contributed by atoms with Crippen LogP contribution < -0.4 is 4.74 Å². The Morgan fingerprint density at radius 3 is 2.21 bits per heavy atom. The summed E-state index contributed by atoms with van der Waals surface area (Å²) in [7, 11) is 0. The fourth-order valence-corrected chi connectivity index (χ4v) is 5.26. The first kappa shape index (κ1) is 26.3. The van der Waals surface area contributed by atoms with Crippen molar-refractivity contribution in [2.75, 3.05) is 6.61 Å². The smallest absolute Gasteiger partial charge is 0.183 e. The Kier molecular flexibility index (Phi) is 11.5. The van der Waals surface area contributed by atoms with Crippen molar-refractivity contribution >= 4 is 0 Å². The van der Waals surface area contributed by atoms with Gasteiger partial charge in [0.1, 0.15) is 6.07 Å². The van der Waals surface area contributed by atoms with Gasteiger partial charge in [0.15, 0.2) is 11.4 Å². The van der Waals surface area contributed by atoms with Crippen molar-refractivity contribution in [2.24, 2.45) is 5.92 Å². The summed E-state index contributed by atoms with van der Waals surface area (Å²) in [6.07, 6.45) is 18.3. The molecule has 3 rings (SSSR count). The van der Waals surface area contributed by atoms with Gasteiger partial charge in [-0.2, -0.15) is 5.26 Å². The molecule has 1 fully saturated rings. The first-order valence-electron chi connectivity index (χ1n) is 13.9. The lowest BCUT2D eigenvalue weighted by molar-refractivity contribution is 0.302. The van der Waals surface area contributed by atoms with E-state index in [-0.39, 0.29) is 0 Å². The van der Waals surface area contributed by atoms with Crippen LogP contribution in [0, 0.1) is 17.2 Å². The number of benzene rings is 1. The number of nitriles is 1. The van der Waals surface area contributed by atoms with Gasteiger partial charge in [0.05, 0.1) is 12.3 Å². The van der Waals surface area contributed by atoms with Crippen LogP contribution in [0.5, 0.6) is 5.75 Å². The van der Waals surface area contributed by atoms with E-state index in [0.29, 0.717) is 24.0 Å². The van der Waals surface area contributed by atoms with Crippen molar-refractivity contribution in [1.82, 2.24) is 4.98 Å². The molecule has 0 atom stereocenters. The quantitative estimate of drug-likeness (QED) is 0.264. The Hall–Kier alpha value is -2.34. The molecule has 0 N–H and O–H groups in total. The molecule has 184 valence electrons. The Labute approximate surface area is 208 Å². The number of nitrogens with zero attached hydrogens (tertiary/aromatic N) is 2. The minimum Gasteiger partial charge on any atom is -0.491 e. The average molecular weight is 461 g/mol. The van der Waals surface area contributed by atoms with E-state index in [1.54, 1.807) is 0 Å².